The molecule has 0 aromatic carbocycles. The summed E-state index contributed by atoms with van der Waals surface area (Å²) in [6.07, 6.45) is 3.06. The summed E-state index contributed by atoms with van der Waals surface area (Å²) in [5.74, 6) is 0.813. The summed E-state index contributed by atoms with van der Waals surface area (Å²) < 4.78 is 0. The Morgan fingerprint density at radius 2 is 2.38 bits per heavy atom. The van der Waals surface area contributed by atoms with Crippen molar-refractivity contribution in [3.05, 3.63) is 11.2 Å². The van der Waals surface area contributed by atoms with E-state index in [4.69, 9.17) is 11.6 Å². The first-order valence-corrected chi connectivity index (χ1v) is 6.44. The molecule has 0 aliphatic carbocycles. The Balaban J connectivity index is 0.00000128. The Bertz CT molecular complexity index is 344. The van der Waals surface area contributed by atoms with Crippen LogP contribution in [0, 0.1) is 0 Å². The third-order valence-electron chi connectivity index (χ3n) is 2.27. The van der Waals surface area contributed by atoms with Gasteiger partial charge >= 0.3 is 0 Å². The van der Waals surface area contributed by atoms with E-state index >= 15 is 0 Å². The van der Waals surface area contributed by atoms with E-state index in [2.05, 4.69) is 20.6 Å². The van der Waals surface area contributed by atoms with Crippen LogP contribution in [-0.4, -0.2) is 35.4 Å². The molecule has 1 aromatic heterocycles. The maximum atomic E-state index is 5.89. The van der Waals surface area contributed by atoms with Crippen molar-refractivity contribution in [3.8, 4) is 0 Å². The van der Waals surface area contributed by atoms with Crippen molar-refractivity contribution in [2.45, 2.75) is 17.6 Å². The van der Waals surface area contributed by atoms with E-state index in [0.29, 0.717) is 16.4 Å². The van der Waals surface area contributed by atoms with E-state index < -0.39 is 0 Å². The van der Waals surface area contributed by atoms with Crippen molar-refractivity contribution < 1.29 is 0 Å². The predicted molar refractivity (Wildman–Crippen MR) is 71.0 cm³/mol. The topological polar surface area (TPSA) is 49.8 Å². The van der Waals surface area contributed by atoms with Crippen molar-refractivity contribution in [2.75, 3.05) is 24.7 Å². The second-order valence-electron chi connectivity index (χ2n) is 3.40. The van der Waals surface area contributed by atoms with Gasteiger partial charge in [0.05, 0.1) is 0 Å². The van der Waals surface area contributed by atoms with E-state index in [9.17, 15) is 0 Å². The molecule has 1 aliphatic heterocycles. The molecule has 0 bridgehead atoms. The Kier molecular flexibility index (Phi) is 5.61. The smallest absolute Gasteiger partial charge is 0.190 e. The summed E-state index contributed by atoms with van der Waals surface area (Å²) in [6.45, 7) is 2.04. The average molecular weight is 281 g/mol. The first kappa shape index (κ1) is 13.8. The lowest BCUT2D eigenvalue weighted by atomic mass is 10.2. The monoisotopic (exact) mass is 280 g/mol. The number of rotatable bonds is 3. The second-order valence-corrected chi connectivity index (χ2v) is 4.56. The van der Waals surface area contributed by atoms with Crippen LogP contribution in [0.1, 0.15) is 6.42 Å². The molecule has 2 N–H and O–H groups in total. The summed E-state index contributed by atoms with van der Waals surface area (Å²) >= 11 is 7.39. The van der Waals surface area contributed by atoms with E-state index in [-0.39, 0.29) is 12.4 Å². The third kappa shape index (κ3) is 3.66. The number of anilines is 1. The molecule has 1 saturated heterocycles. The normalized spacial score (nSPS) is 19.2. The summed E-state index contributed by atoms with van der Waals surface area (Å²) in [7, 11) is 0. The summed E-state index contributed by atoms with van der Waals surface area (Å²) in [6, 6.07) is 2.21. The lowest BCUT2D eigenvalue weighted by Gasteiger charge is -2.12. The molecule has 1 fully saturated rings. The number of thioether (sulfide) groups is 1. The second kappa shape index (κ2) is 6.49. The van der Waals surface area contributed by atoms with E-state index in [1.165, 1.54) is 11.8 Å². The highest BCUT2D eigenvalue weighted by molar-refractivity contribution is 7.98. The van der Waals surface area contributed by atoms with Crippen LogP contribution in [0.25, 0.3) is 0 Å². The van der Waals surface area contributed by atoms with Crippen molar-refractivity contribution in [3.63, 3.8) is 0 Å². The molecule has 4 nitrogen and oxygen atoms in total. The SMILES string of the molecule is CSc1nc(Cl)cc(N[C@H]2CCNC2)n1.Cl. The molecule has 2 rings (SSSR count). The van der Waals surface area contributed by atoms with E-state index in [1.807, 2.05) is 6.26 Å². The quantitative estimate of drug-likeness (QED) is 0.504. The van der Waals surface area contributed by atoms with Crippen LogP contribution >= 0.6 is 35.8 Å². The highest BCUT2D eigenvalue weighted by atomic mass is 35.5. The molecule has 0 spiro atoms. The molecule has 0 amide bonds. The van der Waals surface area contributed by atoms with Gasteiger partial charge in [0.1, 0.15) is 11.0 Å². The Morgan fingerprint density at radius 1 is 1.56 bits per heavy atom. The molecule has 1 atom stereocenters. The molecule has 1 aromatic rings. The maximum Gasteiger partial charge on any atom is 0.190 e. The zero-order valence-corrected chi connectivity index (χ0v) is 11.3. The molecular formula is C9H14Cl2N4S. The lowest BCUT2D eigenvalue weighted by molar-refractivity contribution is 0.781. The number of halogens is 2. The van der Waals surface area contributed by atoms with Gasteiger partial charge in [0, 0.05) is 18.7 Å². The van der Waals surface area contributed by atoms with Gasteiger partial charge in [0.15, 0.2) is 5.16 Å². The fourth-order valence-corrected chi connectivity index (χ4v) is 2.16. The first-order chi connectivity index (χ1) is 7.28. The molecule has 0 radical (unpaired) electrons. The Morgan fingerprint density at radius 3 is 3.00 bits per heavy atom. The summed E-state index contributed by atoms with van der Waals surface area (Å²) in [5, 5.41) is 7.83. The van der Waals surface area contributed by atoms with E-state index in [1.54, 1.807) is 6.07 Å². The van der Waals surface area contributed by atoms with Crippen LogP contribution in [0.3, 0.4) is 0 Å². The minimum absolute atomic E-state index is 0. The fraction of sp³-hybridized carbons (Fsp3) is 0.556. The van der Waals surface area contributed by atoms with Crippen LogP contribution in [0.5, 0.6) is 0 Å². The minimum atomic E-state index is 0. The first-order valence-electron chi connectivity index (χ1n) is 4.84. The molecular weight excluding hydrogens is 267 g/mol. The third-order valence-corrected chi connectivity index (χ3v) is 3.01. The summed E-state index contributed by atoms with van der Waals surface area (Å²) in [5.41, 5.74) is 0. The molecule has 1 aliphatic rings. The van der Waals surface area contributed by atoms with Crippen LogP contribution in [0.2, 0.25) is 5.15 Å². The number of hydrogen-bond acceptors (Lipinski definition) is 5. The maximum absolute atomic E-state index is 5.89. The molecule has 0 saturated carbocycles. The highest BCUT2D eigenvalue weighted by Gasteiger charge is 2.14. The number of nitrogens with zero attached hydrogens (tertiary/aromatic N) is 2. The Hall–Kier alpha value is -0.230. The predicted octanol–water partition coefficient (Wildman–Crippen LogP) is 2.05. The van der Waals surface area contributed by atoms with Gasteiger partial charge in [0.25, 0.3) is 0 Å². The van der Waals surface area contributed by atoms with Gasteiger partial charge in [-0.1, -0.05) is 23.4 Å². The molecule has 16 heavy (non-hydrogen) atoms. The molecule has 0 unspecified atom stereocenters. The Labute approximate surface area is 110 Å². The van der Waals surface area contributed by atoms with Gasteiger partial charge < -0.3 is 10.6 Å². The molecule has 2 heterocycles. The lowest BCUT2D eigenvalue weighted by Crippen LogP contribution is -2.22. The number of nitrogens with one attached hydrogen (secondary N) is 2. The summed E-state index contributed by atoms with van der Waals surface area (Å²) in [4.78, 5) is 8.43. The average Bonchev–Trinajstić information content (AvgIpc) is 2.69. The number of hydrogen-bond donors (Lipinski definition) is 2. The van der Waals surface area contributed by atoms with Gasteiger partial charge in [-0.15, -0.1) is 12.4 Å². The van der Waals surface area contributed by atoms with Gasteiger partial charge in [0.2, 0.25) is 0 Å². The molecule has 90 valence electrons. The highest BCUT2D eigenvalue weighted by Crippen LogP contribution is 2.18. The number of aromatic nitrogens is 2. The zero-order valence-electron chi connectivity index (χ0n) is 8.86. The fourth-order valence-electron chi connectivity index (χ4n) is 1.55. The van der Waals surface area contributed by atoms with Crippen LogP contribution in [-0.2, 0) is 0 Å². The van der Waals surface area contributed by atoms with Crippen molar-refractivity contribution in [1.29, 1.82) is 0 Å². The van der Waals surface area contributed by atoms with Crippen molar-refractivity contribution in [1.82, 2.24) is 15.3 Å². The van der Waals surface area contributed by atoms with Gasteiger partial charge in [-0.2, -0.15) is 0 Å². The minimum Gasteiger partial charge on any atom is -0.366 e. The van der Waals surface area contributed by atoms with Gasteiger partial charge in [-0.05, 0) is 19.2 Å². The largest absolute Gasteiger partial charge is 0.366 e. The zero-order chi connectivity index (χ0) is 10.7. The van der Waals surface area contributed by atoms with Gasteiger partial charge in [-0.25, -0.2) is 9.97 Å². The standard InChI is InChI=1S/C9H13ClN4S.ClH/c1-15-9-13-7(10)4-8(14-9)12-6-2-3-11-5-6;/h4,6,11H,2-3,5H2,1H3,(H,12,13,14);1H/t6-;/m0./s1. The van der Waals surface area contributed by atoms with Crippen LogP contribution in [0.15, 0.2) is 11.2 Å². The van der Waals surface area contributed by atoms with Crippen molar-refractivity contribution >= 4 is 41.6 Å². The van der Waals surface area contributed by atoms with Crippen LogP contribution < -0.4 is 10.6 Å². The van der Waals surface area contributed by atoms with E-state index in [0.717, 1.165) is 25.3 Å². The molecule has 7 heteroatoms. The van der Waals surface area contributed by atoms with Crippen molar-refractivity contribution in [2.24, 2.45) is 0 Å². The van der Waals surface area contributed by atoms with Gasteiger partial charge in [-0.3, -0.25) is 0 Å². The van der Waals surface area contributed by atoms with Crippen LogP contribution in [0.4, 0.5) is 5.82 Å².